The van der Waals surface area contributed by atoms with Crippen LogP contribution in [0.25, 0.3) is 0 Å². The molecule has 10 heteroatoms. The third-order valence-corrected chi connectivity index (χ3v) is 7.32. The van der Waals surface area contributed by atoms with Gasteiger partial charge in [-0.1, -0.05) is 0 Å². The summed E-state index contributed by atoms with van der Waals surface area (Å²) in [6, 6.07) is 5.84. The van der Waals surface area contributed by atoms with E-state index in [0.29, 0.717) is 5.75 Å². The van der Waals surface area contributed by atoms with Gasteiger partial charge in [-0.05, 0) is 45.0 Å². The van der Waals surface area contributed by atoms with Gasteiger partial charge in [0.1, 0.15) is 18.0 Å². The molecule has 0 aromatic heterocycles. The molecule has 1 aromatic carbocycles. The van der Waals surface area contributed by atoms with E-state index in [1.165, 1.54) is 30.5 Å². The number of benzene rings is 1. The molecule has 1 heterocycles. The molecule has 0 N–H and O–H groups in total. The van der Waals surface area contributed by atoms with Crippen LogP contribution >= 0.6 is 0 Å². The molecule has 1 aliphatic rings. The van der Waals surface area contributed by atoms with Gasteiger partial charge >= 0.3 is 5.97 Å². The van der Waals surface area contributed by atoms with Gasteiger partial charge in [0.25, 0.3) is 0 Å². The van der Waals surface area contributed by atoms with Crippen molar-refractivity contribution in [3.05, 3.63) is 24.3 Å². The summed E-state index contributed by atoms with van der Waals surface area (Å²) in [7, 11) is -4.02. The highest BCUT2D eigenvalue weighted by atomic mass is 32.2. The van der Waals surface area contributed by atoms with E-state index >= 15 is 0 Å². The van der Waals surface area contributed by atoms with Gasteiger partial charge in [-0.15, -0.1) is 0 Å². The number of esters is 1. The Morgan fingerprint density at radius 1 is 1.14 bits per heavy atom. The Labute approximate surface area is 174 Å². The molecule has 8 nitrogen and oxygen atoms in total. The summed E-state index contributed by atoms with van der Waals surface area (Å²) in [5.41, 5.74) is -0.806. The number of hydrogen-bond acceptors (Lipinski definition) is 8. The molecule has 1 aliphatic heterocycles. The lowest BCUT2D eigenvalue weighted by atomic mass is 9.99. The van der Waals surface area contributed by atoms with Crippen LogP contribution in [0.3, 0.4) is 0 Å². The molecule has 0 radical (unpaired) electrons. The smallest absolute Gasteiger partial charge is 0.328 e. The van der Waals surface area contributed by atoms with E-state index in [-0.39, 0.29) is 44.2 Å². The highest BCUT2D eigenvalue weighted by Gasteiger charge is 2.54. The van der Waals surface area contributed by atoms with E-state index < -0.39 is 37.2 Å². The zero-order valence-electron chi connectivity index (χ0n) is 17.1. The lowest BCUT2D eigenvalue weighted by Crippen LogP contribution is -2.53. The van der Waals surface area contributed by atoms with Crippen molar-refractivity contribution in [2.24, 2.45) is 0 Å². The average Bonchev–Trinajstić information content (AvgIpc) is 2.64. The number of carbonyl (C=O) groups is 1. The van der Waals surface area contributed by atoms with Crippen molar-refractivity contribution in [1.82, 2.24) is 0 Å². The van der Waals surface area contributed by atoms with Crippen LogP contribution in [0.1, 0.15) is 33.6 Å². The number of carbonyl (C=O) groups excluding carboxylic acids is 1. The summed E-state index contributed by atoms with van der Waals surface area (Å²) in [4.78, 5) is 12.9. The summed E-state index contributed by atoms with van der Waals surface area (Å²) in [6.07, 6.45) is 1.48. The standard InChI is InChI=1S/C19H28O8S2/c1-18(2,3)27-17(20)19(9-11-24-12-10-19)29(22,23)16-7-5-15(6-8-16)25-13-14-26-28(4)21/h5-8H,9-14H2,1-4H3. The first-order valence-electron chi connectivity index (χ1n) is 9.23. The first-order chi connectivity index (χ1) is 13.5. The van der Waals surface area contributed by atoms with Crippen molar-refractivity contribution in [2.45, 2.75) is 48.9 Å². The average molecular weight is 449 g/mol. The minimum absolute atomic E-state index is 0.0171. The Morgan fingerprint density at radius 3 is 2.24 bits per heavy atom. The molecule has 1 fully saturated rings. The van der Waals surface area contributed by atoms with Gasteiger partial charge in [0.15, 0.2) is 25.7 Å². The second-order valence-electron chi connectivity index (χ2n) is 7.66. The van der Waals surface area contributed by atoms with Crippen LogP contribution in [0.4, 0.5) is 0 Å². The van der Waals surface area contributed by atoms with Crippen LogP contribution in [-0.2, 0) is 39.4 Å². The van der Waals surface area contributed by atoms with Crippen LogP contribution in [0, 0.1) is 0 Å². The maximum atomic E-state index is 13.4. The third kappa shape index (κ3) is 6.00. The summed E-state index contributed by atoms with van der Waals surface area (Å²) >= 11 is -1.37. The summed E-state index contributed by atoms with van der Waals surface area (Å²) in [5, 5.41) is 0. The van der Waals surface area contributed by atoms with Crippen molar-refractivity contribution in [3.8, 4) is 5.75 Å². The van der Waals surface area contributed by atoms with Gasteiger partial charge in [-0.3, -0.25) is 8.98 Å². The topological polar surface area (TPSA) is 105 Å². The van der Waals surface area contributed by atoms with Gasteiger partial charge in [-0.25, -0.2) is 12.6 Å². The molecule has 0 aliphatic carbocycles. The lowest BCUT2D eigenvalue weighted by Gasteiger charge is -2.36. The van der Waals surface area contributed by atoms with Crippen molar-refractivity contribution >= 4 is 26.9 Å². The highest BCUT2D eigenvalue weighted by molar-refractivity contribution is 7.93. The Bertz CT molecular complexity index is 819. The summed E-state index contributed by atoms with van der Waals surface area (Å²) < 4.78 is 57.1. The number of rotatable bonds is 8. The number of hydrogen-bond donors (Lipinski definition) is 0. The zero-order valence-corrected chi connectivity index (χ0v) is 18.8. The number of sulfone groups is 1. The molecule has 164 valence electrons. The largest absolute Gasteiger partial charge is 0.491 e. The molecule has 0 spiro atoms. The number of ether oxygens (including phenoxy) is 3. The van der Waals surface area contributed by atoms with E-state index in [1.54, 1.807) is 20.8 Å². The van der Waals surface area contributed by atoms with Crippen molar-refractivity contribution in [2.75, 3.05) is 32.7 Å². The van der Waals surface area contributed by atoms with Crippen LogP contribution in [0.15, 0.2) is 29.2 Å². The fourth-order valence-corrected chi connectivity index (χ4v) is 5.12. The summed E-state index contributed by atoms with van der Waals surface area (Å²) in [6.45, 7) is 5.75. The van der Waals surface area contributed by atoms with Crippen molar-refractivity contribution in [1.29, 1.82) is 0 Å². The first kappa shape index (κ1) is 23.8. The maximum Gasteiger partial charge on any atom is 0.328 e. The third-order valence-electron chi connectivity index (χ3n) is 4.32. The van der Waals surface area contributed by atoms with Crippen LogP contribution in [0.2, 0.25) is 0 Å². The Morgan fingerprint density at radius 2 is 1.72 bits per heavy atom. The lowest BCUT2D eigenvalue weighted by molar-refractivity contribution is -0.160. The molecule has 1 aromatic rings. The molecular formula is C19H28O8S2. The fraction of sp³-hybridized carbons (Fsp3) is 0.632. The van der Waals surface area contributed by atoms with E-state index in [1.807, 2.05) is 0 Å². The highest BCUT2D eigenvalue weighted by Crippen LogP contribution is 2.37. The van der Waals surface area contributed by atoms with Gasteiger partial charge < -0.3 is 14.2 Å². The second kappa shape index (κ2) is 9.55. The SMILES string of the molecule is CS(=O)OCCOc1ccc(S(=O)(=O)C2(C(=O)OC(C)(C)C)CCOCC2)cc1. The Hall–Kier alpha value is -1.49. The molecule has 0 amide bonds. The molecule has 0 saturated carbocycles. The van der Waals surface area contributed by atoms with E-state index in [2.05, 4.69) is 0 Å². The molecule has 1 atom stereocenters. The van der Waals surface area contributed by atoms with Gasteiger partial charge in [0.05, 0.1) is 11.5 Å². The monoisotopic (exact) mass is 448 g/mol. The van der Waals surface area contributed by atoms with Crippen molar-refractivity contribution in [3.63, 3.8) is 0 Å². The molecule has 0 bridgehead atoms. The first-order valence-corrected chi connectivity index (χ1v) is 12.2. The predicted octanol–water partition coefficient (Wildman–Crippen LogP) is 2.04. The molecule has 1 unspecified atom stereocenters. The predicted molar refractivity (Wildman–Crippen MR) is 108 cm³/mol. The Balaban J connectivity index is 2.23. The Kier molecular flexibility index (Phi) is 7.83. The second-order valence-corrected chi connectivity index (χ2v) is 11.0. The normalized spacial score (nSPS) is 18.1. The quantitative estimate of drug-likeness (QED) is 0.439. The van der Waals surface area contributed by atoms with Crippen LogP contribution in [-0.4, -0.2) is 61.6 Å². The van der Waals surface area contributed by atoms with E-state index in [0.717, 1.165) is 0 Å². The van der Waals surface area contributed by atoms with Gasteiger partial charge in [-0.2, -0.15) is 0 Å². The molecular weight excluding hydrogens is 420 g/mol. The molecule has 29 heavy (non-hydrogen) atoms. The van der Waals surface area contributed by atoms with Gasteiger partial charge in [0, 0.05) is 32.3 Å². The molecule has 1 saturated heterocycles. The minimum atomic E-state index is -4.02. The van der Waals surface area contributed by atoms with Crippen LogP contribution in [0.5, 0.6) is 5.75 Å². The van der Waals surface area contributed by atoms with E-state index in [9.17, 15) is 17.4 Å². The fourth-order valence-electron chi connectivity index (χ4n) is 2.91. The summed E-state index contributed by atoms with van der Waals surface area (Å²) in [5.74, 6) is -0.314. The van der Waals surface area contributed by atoms with Gasteiger partial charge in [0.2, 0.25) is 0 Å². The minimum Gasteiger partial charge on any atom is -0.491 e. The molecule has 2 rings (SSSR count). The van der Waals surface area contributed by atoms with E-state index in [4.69, 9.17) is 18.4 Å². The zero-order chi connectivity index (χ0) is 21.7. The van der Waals surface area contributed by atoms with Crippen LogP contribution < -0.4 is 4.74 Å². The maximum absolute atomic E-state index is 13.4. The van der Waals surface area contributed by atoms with Crippen molar-refractivity contribution < 1.29 is 35.8 Å².